The van der Waals surface area contributed by atoms with E-state index in [1.165, 1.54) is 0 Å². The summed E-state index contributed by atoms with van der Waals surface area (Å²) in [5.74, 6) is 0.588. The van der Waals surface area contributed by atoms with Crippen LogP contribution >= 0.6 is 0 Å². The highest BCUT2D eigenvalue weighted by molar-refractivity contribution is 7.74. The third-order valence-corrected chi connectivity index (χ3v) is 3.38. The van der Waals surface area contributed by atoms with Gasteiger partial charge in [-0.1, -0.05) is 0 Å². The van der Waals surface area contributed by atoms with Gasteiger partial charge in [0, 0.05) is 0 Å². The van der Waals surface area contributed by atoms with Crippen molar-refractivity contribution in [1.29, 1.82) is 0 Å². The van der Waals surface area contributed by atoms with Crippen LogP contribution in [0.25, 0.3) is 0 Å². The number of fused-ring (bicyclic) bond motifs is 2. The minimum Gasteiger partial charge on any atom is -0.390 e. The average molecular weight is 192 g/mol. The molecule has 2 aliphatic rings. The molecule has 4 nitrogen and oxygen atoms in total. The van der Waals surface area contributed by atoms with Crippen LogP contribution < -0.4 is 0 Å². The van der Waals surface area contributed by atoms with Crippen LogP contribution in [0.5, 0.6) is 0 Å². The smallest absolute Gasteiger partial charge is 0.302 e. The number of hydrogen-bond donors (Lipinski definition) is 2. The molecule has 2 fully saturated rings. The fourth-order valence-electron chi connectivity index (χ4n) is 2.44. The van der Waals surface area contributed by atoms with Crippen LogP contribution in [0.2, 0.25) is 0 Å². The molecule has 5 unspecified atom stereocenters. The SMILES string of the molecule is O=S(O)OC1C2CCC(C2)C1O. The maximum Gasteiger partial charge on any atom is 0.302 e. The summed E-state index contributed by atoms with van der Waals surface area (Å²) in [6.45, 7) is 0. The Morgan fingerprint density at radius 1 is 1.33 bits per heavy atom. The molecule has 0 amide bonds. The summed E-state index contributed by atoms with van der Waals surface area (Å²) in [6.07, 6.45) is 2.06. The van der Waals surface area contributed by atoms with Gasteiger partial charge < -0.3 is 5.11 Å². The minimum atomic E-state index is -2.24. The lowest BCUT2D eigenvalue weighted by molar-refractivity contribution is 0.00200. The monoisotopic (exact) mass is 192 g/mol. The van der Waals surface area contributed by atoms with Gasteiger partial charge in [-0.3, -0.25) is 8.74 Å². The largest absolute Gasteiger partial charge is 0.390 e. The van der Waals surface area contributed by atoms with Crippen molar-refractivity contribution in [2.75, 3.05) is 0 Å². The zero-order valence-electron chi connectivity index (χ0n) is 6.55. The molecule has 0 saturated heterocycles. The molecule has 0 spiro atoms. The standard InChI is InChI=1S/C7H12O4S/c8-6-4-1-2-5(3-4)7(6)11-12(9)10/h4-8H,1-3H2,(H,9,10). The second-order valence-electron chi connectivity index (χ2n) is 3.60. The van der Waals surface area contributed by atoms with Crippen molar-refractivity contribution in [3.05, 3.63) is 0 Å². The topological polar surface area (TPSA) is 66.8 Å². The summed E-state index contributed by atoms with van der Waals surface area (Å²) in [4.78, 5) is 0. The lowest BCUT2D eigenvalue weighted by Crippen LogP contribution is -2.35. The Balaban J connectivity index is 2.02. The van der Waals surface area contributed by atoms with Gasteiger partial charge in [0.15, 0.2) is 0 Å². The van der Waals surface area contributed by atoms with Gasteiger partial charge in [-0.25, -0.2) is 0 Å². The highest BCUT2D eigenvalue weighted by Crippen LogP contribution is 2.46. The van der Waals surface area contributed by atoms with Crippen molar-refractivity contribution in [1.82, 2.24) is 0 Å². The summed E-state index contributed by atoms with van der Waals surface area (Å²) in [7, 11) is 0. The van der Waals surface area contributed by atoms with Gasteiger partial charge in [0.25, 0.3) is 0 Å². The third kappa shape index (κ3) is 1.31. The molecule has 0 aromatic rings. The maximum absolute atomic E-state index is 10.4. The van der Waals surface area contributed by atoms with Crippen molar-refractivity contribution in [3.63, 3.8) is 0 Å². The van der Waals surface area contributed by atoms with E-state index in [2.05, 4.69) is 0 Å². The Kier molecular flexibility index (Phi) is 2.20. The second kappa shape index (κ2) is 3.06. The molecule has 70 valence electrons. The van der Waals surface area contributed by atoms with Crippen molar-refractivity contribution >= 4 is 11.4 Å². The first-order chi connectivity index (χ1) is 5.68. The zero-order chi connectivity index (χ0) is 8.72. The highest BCUT2D eigenvalue weighted by atomic mass is 32.2. The molecule has 0 aromatic carbocycles. The van der Waals surface area contributed by atoms with Gasteiger partial charge in [0.1, 0.15) is 6.10 Å². The number of aliphatic hydroxyl groups excluding tert-OH is 1. The summed E-state index contributed by atoms with van der Waals surface area (Å²) < 4.78 is 23.6. The molecule has 5 atom stereocenters. The molecule has 2 saturated carbocycles. The Hall–Kier alpha value is 0.0300. The first-order valence-electron chi connectivity index (χ1n) is 4.14. The van der Waals surface area contributed by atoms with E-state index in [0.717, 1.165) is 19.3 Å². The molecular weight excluding hydrogens is 180 g/mol. The Morgan fingerprint density at radius 3 is 2.50 bits per heavy atom. The van der Waals surface area contributed by atoms with Crippen LogP contribution in [0.15, 0.2) is 0 Å². The quantitative estimate of drug-likeness (QED) is 0.617. The van der Waals surface area contributed by atoms with Crippen molar-refractivity contribution < 1.29 is 18.1 Å². The Morgan fingerprint density at radius 2 is 2.00 bits per heavy atom. The first-order valence-corrected chi connectivity index (χ1v) is 5.17. The maximum atomic E-state index is 10.4. The lowest BCUT2D eigenvalue weighted by Gasteiger charge is -2.24. The number of hydrogen-bond acceptors (Lipinski definition) is 3. The Bertz CT molecular complexity index is 206. The molecule has 2 N–H and O–H groups in total. The third-order valence-electron chi connectivity index (χ3n) is 2.99. The molecular formula is C7H12O4S. The molecule has 5 heteroatoms. The summed E-state index contributed by atoms with van der Waals surface area (Å²) in [5, 5.41) is 9.56. The Labute approximate surface area is 73.4 Å². The van der Waals surface area contributed by atoms with Crippen molar-refractivity contribution in [2.45, 2.75) is 31.5 Å². The minimum absolute atomic E-state index is 0.293. The van der Waals surface area contributed by atoms with E-state index < -0.39 is 23.6 Å². The molecule has 0 aromatic heterocycles. The van der Waals surface area contributed by atoms with Crippen LogP contribution in [0, 0.1) is 11.8 Å². The lowest BCUT2D eigenvalue weighted by atomic mass is 9.95. The van der Waals surface area contributed by atoms with E-state index in [-0.39, 0.29) is 0 Å². The molecule has 2 aliphatic carbocycles. The fraction of sp³-hybridized carbons (Fsp3) is 1.00. The van der Waals surface area contributed by atoms with Crippen LogP contribution in [-0.2, 0) is 15.5 Å². The molecule has 12 heavy (non-hydrogen) atoms. The summed E-state index contributed by atoms with van der Waals surface area (Å²) in [6, 6.07) is 0. The molecule has 2 bridgehead atoms. The second-order valence-corrected chi connectivity index (χ2v) is 4.23. The predicted octanol–water partition coefficient (Wildman–Crippen LogP) is 0.299. The van der Waals surface area contributed by atoms with Gasteiger partial charge in [-0.05, 0) is 31.1 Å². The van der Waals surface area contributed by atoms with Crippen LogP contribution in [0.3, 0.4) is 0 Å². The van der Waals surface area contributed by atoms with E-state index >= 15 is 0 Å². The highest BCUT2D eigenvalue weighted by Gasteiger charge is 2.48. The molecule has 0 aliphatic heterocycles. The van der Waals surface area contributed by atoms with E-state index in [4.69, 9.17) is 8.74 Å². The van der Waals surface area contributed by atoms with Crippen LogP contribution in [-0.4, -0.2) is 26.1 Å². The molecule has 0 heterocycles. The zero-order valence-corrected chi connectivity index (χ0v) is 7.37. The predicted molar refractivity (Wildman–Crippen MR) is 42.5 cm³/mol. The average Bonchev–Trinajstić information content (AvgIpc) is 2.53. The fourth-order valence-corrected chi connectivity index (χ4v) is 2.90. The van der Waals surface area contributed by atoms with Gasteiger partial charge in [0.2, 0.25) is 0 Å². The van der Waals surface area contributed by atoms with E-state index in [9.17, 15) is 9.32 Å². The number of rotatable bonds is 2. The van der Waals surface area contributed by atoms with Crippen molar-refractivity contribution in [2.24, 2.45) is 11.8 Å². The van der Waals surface area contributed by atoms with Gasteiger partial charge in [-0.2, -0.15) is 4.21 Å². The molecule has 2 rings (SSSR count). The number of aliphatic hydroxyl groups is 1. The van der Waals surface area contributed by atoms with E-state index in [0.29, 0.717) is 11.8 Å². The van der Waals surface area contributed by atoms with Gasteiger partial charge >= 0.3 is 11.4 Å². The van der Waals surface area contributed by atoms with E-state index in [1.54, 1.807) is 0 Å². The summed E-state index contributed by atoms with van der Waals surface area (Å²) >= 11 is -2.24. The molecule has 0 radical (unpaired) electrons. The van der Waals surface area contributed by atoms with Crippen LogP contribution in [0.4, 0.5) is 0 Å². The van der Waals surface area contributed by atoms with Gasteiger partial charge in [0.05, 0.1) is 6.10 Å². The van der Waals surface area contributed by atoms with Crippen LogP contribution in [0.1, 0.15) is 19.3 Å². The van der Waals surface area contributed by atoms with E-state index in [1.807, 2.05) is 0 Å². The normalized spacial score (nSPS) is 48.2. The van der Waals surface area contributed by atoms with Gasteiger partial charge in [-0.15, -0.1) is 0 Å². The first kappa shape index (κ1) is 8.62. The van der Waals surface area contributed by atoms with Crippen molar-refractivity contribution in [3.8, 4) is 0 Å². The summed E-state index contributed by atoms with van der Waals surface area (Å²) in [5.41, 5.74) is 0.